The lowest BCUT2D eigenvalue weighted by Gasteiger charge is -2.47. The fraction of sp³-hybridized carbons (Fsp3) is 0.750. The van der Waals surface area contributed by atoms with Crippen molar-refractivity contribution in [1.82, 2.24) is 5.32 Å². The first-order valence-corrected chi connectivity index (χ1v) is 15.8. The highest BCUT2D eigenvalue weighted by molar-refractivity contribution is 14.1. The van der Waals surface area contributed by atoms with Crippen molar-refractivity contribution in [1.29, 1.82) is 0 Å². The Labute approximate surface area is 277 Å². The number of amides is 1. The molecule has 3 saturated heterocycles. The molecule has 3 aliphatic rings. The third kappa shape index (κ3) is 8.88. The van der Waals surface area contributed by atoms with Crippen LogP contribution in [0.5, 0.6) is 0 Å². The normalized spacial score (nSPS) is 41.7. The number of aliphatic hydroxyl groups excluding tert-OH is 9. The average Bonchev–Trinajstić information content (AvgIpc) is 3.03. The summed E-state index contributed by atoms with van der Waals surface area (Å²) < 4.78 is 35.2. The molecule has 0 saturated carbocycles. The predicted octanol–water partition coefficient (Wildman–Crippen LogP) is -4.56. The van der Waals surface area contributed by atoms with Gasteiger partial charge in [0.25, 0.3) is 0 Å². The van der Waals surface area contributed by atoms with Gasteiger partial charge in [0.05, 0.1) is 26.4 Å². The molecule has 46 heavy (non-hydrogen) atoms. The summed E-state index contributed by atoms with van der Waals surface area (Å²) in [6.45, 7) is -0.804. The fourth-order valence-electron chi connectivity index (χ4n) is 5.40. The van der Waals surface area contributed by atoms with E-state index in [-0.39, 0.29) is 6.61 Å². The molecule has 18 heteroatoms. The van der Waals surface area contributed by atoms with E-state index in [4.69, 9.17) is 28.4 Å². The Bertz CT molecular complexity index is 1100. The number of nitrogens with one attached hydrogen (secondary N) is 1. The molecule has 1 aromatic rings. The van der Waals surface area contributed by atoms with E-state index in [9.17, 15) is 50.8 Å². The lowest BCUT2D eigenvalue weighted by Crippen LogP contribution is -2.67. The highest BCUT2D eigenvalue weighted by Crippen LogP contribution is 2.31. The van der Waals surface area contributed by atoms with Crippen LogP contribution in [-0.4, -0.2) is 170 Å². The van der Waals surface area contributed by atoms with E-state index in [1.165, 1.54) is 0 Å². The van der Waals surface area contributed by atoms with Crippen molar-refractivity contribution >= 4 is 28.5 Å². The maximum atomic E-state index is 11.8. The van der Waals surface area contributed by atoms with E-state index in [0.717, 1.165) is 16.1 Å². The van der Waals surface area contributed by atoms with Crippen LogP contribution in [0, 0.1) is 3.57 Å². The van der Waals surface area contributed by atoms with Crippen LogP contribution in [0.25, 0.3) is 0 Å². The number of halogens is 1. The van der Waals surface area contributed by atoms with Gasteiger partial charge in [-0.2, -0.15) is 0 Å². The molecule has 15 atom stereocenters. The Balaban J connectivity index is 1.46. The quantitative estimate of drug-likeness (QED) is 0.0897. The van der Waals surface area contributed by atoms with Gasteiger partial charge in [-0.25, -0.2) is 0 Å². The molecule has 1 amide bonds. The average molecular weight is 776 g/mol. The first kappa shape index (κ1) is 37.6. The fourth-order valence-corrected chi connectivity index (χ4v) is 5.76. The largest absolute Gasteiger partial charge is 0.394 e. The molecule has 0 aliphatic carbocycles. The summed E-state index contributed by atoms with van der Waals surface area (Å²) in [5.41, 5.74) is 0.959. The molecule has 3 heterocycles. The molecule has 262 valence electrons. The van der Waals surface area contributed by atoms with Gasteiger partial charge in [-0.1, -0.05) is 12.1 Å². The van der Waals surface area contributed by atoms with E-state index < -0.39 is 118 Å². The second-order valence-corrected chi connectivity index (χ2v) is 12.6. The minimum Gasteiger partial charge on any atom is -0.394 e. The van der Waals surface area contributed by atoms with Crippen LogP contribution in [0.3, 0.4) is 0 Å². The standard InChI is InChI=1S/C28H42INO16/c1-11(33)30-17-21(37)18(34)14(8-31)43-26(17)46-25-23(39)19(35)15(9-32)44-28(25)42-10-16-20(36)22(38)24(40)27(45-16)41-7-6-12-2-4-13(29)5-3-12/h2-5,14-28,31-32,34-40H,6-10H2,1H3,(H,30,33)/t14-,15-,16-,17-,18-,19-,20-,21-,22+,23+,24-,25+,26+,27-,28+/m1/s1. The van der Waals surface area contributed by atoms with Crippen molar-refractivity contribution in [3.8, 4) is 0 Å². The Kier molecular flexibility index (Phi) is 13.9. The minimum absolute atomic E-state index is 0.106. The lowest BCUT2D eigenvalue weighted by molar-refractivity contribution is -0.363. The van der Waals surface area contributed by atoms with Crippen molar-refractivity contribution in [2.75, 3.05) is 26.4 Å². The molecular weight excluding hydrogens is 733 g/mol. The molecule has 3 aliphatic heterocycles. The van der Waals surface area contributed by atoms with Gasteiger partial charge in [0.1, 0.15) is 73.2 Å². The second-order valence-electron chi connectivity index (χ2n) is 11.3. The predicted molar refractivity (Wildman–Crippen MR) is 159 cm³/mol. The Hall–Kier alpha value is -1.18. The number of ether oxygens (including phenoxy) is 6. The van der Waals surface area contributed by atoms with Crippen molar-refractivity contribution in [3.05, 3.63) is 33.4 Å². The van der Waals surface area contributed by atoms with Crippen LogP contribution in [0.15, 0.2) is 24.3 Å². The molecule has 0 bridgehead atoms. The molecule has 1 aromatic carbocycles. The topological polar surface area (TPSA) is 267 Å². The molecule has 0 spiro atoms. The van der Waals surface area contributed by atoms with E-state index in [0.29, 0.717) is 6.42 Å². The van der Waals surface area contributed by atoms with Gasteiger partial charge in [-0.3, -0.25) is 4.79 Å². The van der Waals surface area contributed by atoms with Crippen LogP contribution in [0.1, 0.15) is 12.5 Å². The van der Waals surface area contributed by atoms with Crippen LogP contribution < -0.4 is 5.32 Å². The smallest absolute Gasteiger partial charge is 0.217 e. The summed E-state index contributed by atoms with van der Waals surface area (Å²) in [5, 5.41) is 95.7. The van der Waals surface area contributed by atoms with E-state index in [1.807, 2.05) is 24.3 Å². The van der Waals surface area contributed by atoms with Gasteiger partial charge in [0, 0.05) is 10.5 Å². The number of rotatable bonds is 12. The summed E-state index contributed by atoms with van der Waals surface area (Å²) in [6, 6.07) is 6.26. The first-order chi connectivity index (χ1) is 21.9. The van der Waals surface area contributed by atoms with Crippen LogP contribution >= 0.6 is 22.6 Å². The molecular formula is C28H42INO16. The number of aliphatic hydroxyl groups is 9. The summed E-state index contributed by atoms with van der Waals surface area (Å²) in [4.78, 5) is 11.8. The minimum atomic E-state index is -1.81. The summed E-state index contributed by atoms with van der Waals surface area (Å²) >= 11 is 2.18. The maximum absolute atomic E-state index is 11.8. The number of carbonyl (C=O) groups excluding carboxylic acids is 1. The molecule has 0 radical (unpaired) electrons. The highest BCUT2D eigenvalue weighted by Gasteiger charge is 2.52. The molecule has 0 unspecified atom stereocenters. The number of hydrogen-bond acceptors (Lipinski definition) is 16. The molecule has 17 nitrogen and oxygen atoms in total. The number of carbonyl (C=O) groups is 1. The van der Waals surface area contributed by atoms with Gasteiger partial charge in [0.15, 0.2) is 18.9 Å². The van der Waals surface area contributed by atoms with E-state index in [2.05, 4.69) is 27.9 Å². The molecule has 3 fully saturated rings. The number of benzene rings is 1. The summed E-state index contributed by atoms with van der Waals surface area (Å²) in [5.74, 6) is -0.635. The van der Waals surface area contributed by atoms with Gasteiger partial charge in [-0.05, 0) is 46.7 Å². The summed E-state index contributed by atoms with van der Waals surface area (Å²) in [7, 11) is 0. The van der Waals surface area contributed by atoms with Crippen molar-refractivity contribution in [2.24, 2.45) is 0 Å². The maximum Gasteiger partial charge on any atom is 0.217 e. The Morgan fingerprint density at radius 1 is 0.739 bits per heavy atom. The van der Waals surface area contributed by atoms with E-state index in [1.54, 1.807) is 0 Å². The molecule has 0 aromatic heterocycles. The third-order valence-corrected chi connectivity index (χ3v) is 8.77. The van der Waals surface area contributed by atoms with Crippen molar-refractivity contribution in [3.63, 3.8) is 0 Å². The van der Waals surface area contributed by atoms with Gasteiger partial charge < -0.3 is 79.7 Å². The number of hydrogen-bond donors (Lipinski definition) is 10. The summed E-state index contributed by atoms with van der Waals surface area (Å²) in [6.07, 6.45) is -21.6. The first-order valence-electron chi connectivity index (χ1n) is 14.7. The van der Waals surface area contributed by atoms with Crippen LogP contribution in [-0.2, 0) is 39.6 Å². The monoisotopic (exact) mass is 775 g/mol. The van der Waals surface area contributed by atoms with Crippen LogP contribution in [0.4, 0.5) is 0 Å². The Morgan fingerprint density at radius 3 is 1.91 bits per heavy atom. The third-order valence-electron chi connectivity index (χ3n) is 8.05. The SMILES string of the molecule is CC(=O)N[C@H]1[C@H](O[C@@H]2[C@@H](OC[C@H]3O[C@@H](OCCc4ccc(I)cc4)[C@H](O)[C@@H](O)[C@@H]3O)O[C@H](CO)[C@@H](O)[C@@H]2O)O[C@H](CO)[C@@H](O)[C@@H]1O. The van der Waals surface area contributed by atoms with Crippen LogP contribution in [0.2, 0.25) is 0 Å². The zero-order chi connectivity index (χ0) is 33.7. The van der Waals surface area contributed by atoms with Gasteiger partial charge >= 0.3 is 0 Å². The van der Waals surface area contributed by atoms with Crippen molar-refractivity contribution < 1.29 is 79.2 Å². The Morgan fingerprint density at radius 2 is 1.30 bits per heavy atom. The van der Waals surface area contributed by atoms with Gasteiger partial charge in [-0.15, -0.1) is 0 Å². The molecule has 4 rings (SSSR count). The van der Waals surface area contributed by atoms with Crippen molar-refractivity contribution in [2.45, 2.75) is 105 Å². The zero-order valence-electron chi connectivity index (χ0n) is 24.8. The lowest BCUT2D eigenvalue weighted by atomic mass is 9.95. The second kappa shape index (κ2) is 17.0. The molecule has 10 N–H and O–H groups in total. The zero-order valence-corrected chi connectivity index (χ0v) is 26.9. The van der Waals surface area contributed by atoms with Gasteiger partial charge in [0.2, 0.25) is 5.91 Å². The highest BCUT2D eigenvalue weighted by atomic mass is 127. The van der Waals surface area contributed by atoms with E-state index >= 15 is 0 Å².